The average molecular weight is 493 g/mol. The van der Waals surface area contributed by atoms with Crippen LogP contribution >= 0.6 is 34.0 Å². The van der Waals surface area contributed by atoms with Gasteiger partial charge in [-0.25, -0.2) is 0 Å². The van der Waals surface area contributed by atoms with Gasteiger partial charge in [0, 0.05) is 39.3 Å². The second kappa shape index (κ2) is 10.1. The van der Waals surface area contributed by atoms with Crippen molar-refractivity contribution >= 4 is 74.4 Å². The van der Waals surface area contributed by atoms with Crippen molar-refractivity contribution in [1.82, 2.24) is 0 Å². The van der Waals surface area contributed by atoms with Crippen LogP contribution in [0.15, 0.2) is 36.4 Å². The van der Waals surface area contributed by atoms with Crippen molar-refractivity contribution in [3.63, 3.8) is 0 Å². The van der Waals surface area contributed by atoms with Crippen LogP contribution in [0.3, 0.4) is 0 Å². The molecule has 174 valence electrons. The normalized spacial score (nSPS) is 14.2. The van der Waals surface area contributed by atoms with Crippen LogP contribution in [-0.4, -0.2) is 0 Å². The molecule has 0 aliphatic rings. The van der Waals surface area contributed by atoms with Crippen molar-refractivity contribution in [3.05, 3.63) is 46.2 Å². The molecule has 2 atom stereocenters. The average Bonchev–Trinajstić information content (AvgIpc) is 3.49. The number of thiophene rings is 3. The van der Waals surface area contributed by atoms with Crippen LogP contribution < -0.4 is 0 Å². The summed E-state index contributed by atoms with van der Waals surface area (Å²) in [4.78, 5) is 3.11. The van der Waals surface area contributed by atoms with E-state index in [9.17, 15) is 0 Å². The lowest BCUT2D eigenvalue weighted by Crippen LogP contribution is -1.92. The van der Waals surface area contributed by atoms with Gasteiger partial charge in [0.15, 0.2) is 0 Å². The zero-order valence-corrected chi connectivity index (χ0v) is 22.9. The molecule has 0 amide bonds. The monoisotopic (exact) mass is 492 g/mol. The highest BCUT2D eigenvalue weighted by Gasteiger charge is 2.12. The first-order chi connectivity index (χ1) is 16.0. The van der Waals surface area contributed by atoms with Crippen LogP contribution in [0.25, 0.3) is 40.3 Å². The Morgan fingerprint density at radius 3 is 1.45 bits per heavy atom. The van der Waals surface area contributed by atoms with Crippen LogP contribution in [0.5, 0.6) is 0 Å². The van der Waals surface area contributed by atoms with Gasteiger partial charge in [-0.1, -0.05) is 53.4 Å². The van der Waals surface area contributed by atoms with E-state index in [1.54, 1.807) is 9.75 Å². The third kappa shape index (κ3) is 5.01. The first-order valence-corrected chi connectivity index (χ1v) is 15.3. The van der Waals surface area contributed by atoms with Gasteiger partial charge in [0.25, 0.3) is 0 Å². The topological polar surface area (TPSA) is 0 Å². The van der Waals surface area contributed by atoms with E-state index in [4.69, 9.17) is 0 Å². The minimum absolute atomic E-state index is 0.852. The van der Waals surface area contributed by atoms with E-state index in [0.717, 1.165) is 11.8 Å². The summed E-state index contributed by atoms with van der Waals surface area (Å²) in [7, 11) is 0. The summed E-state index contributed by atoms with van der Waals surface area (Å²) in [6.45, 7) is 9.37. The first-order valence-electron chi connectivity index (χ1n) is 12.8. The van der Waals surface area contributed by atoms with Crippen molar-refractivity contribution in [1.29, 1.82) is 0 Å². The smallest absolute Gasteiger partial charge is 0.0369 e. The first kappa shape index (κ1) is 23.3. The highest BCUT2D eigenvalue weighted by Crippen LogP contribution is 2.42. The molecule has 2 aromatic carbocycles. The molecule has 0 saturated carbocycles. The molecule has 0 saturated heterocycles. The van der Waals surface area contributed by atoms with E-state index >= 15 is 0 Å². The molecule has 0 fully saturated rings. The lowest BCUT2D eigenvalue weighted by molar-refractivity contribution is 0.497. The molecule has 5 rings (SSSR count). The lowest BCUT2D eigenvalue weighted by atomic mass is 10.0. The van der Waals surface area contributed by atoms with E-state index in [1.807, 2.05) is 34.0 Å². The standard InChI is InChI=1S/C30H36S3/c1-5-19(3)9-7-11-23-13-21-15-25-26-16-22-14-24(12-8-10-20(4)6-2)32-28(22)18-30(26)33-29(25)17-27(21)31-23/h13-20H,5-12H2,1-4H3. The van der Waals surface area contributed by atoms with Crippen LogP contribution in [0.4, 0.5) is 0 Å². The van der Waals surface area contributed by atoms with E-state index in [1.165, 1.54) is 91.7 Å². The zero-order chi connectivity index (χ0) is 22.9. The molecule has 0 bridgehead atoms. The van der Waals surface area contributed by atoms with Gasteiger partial charge in [0.1, 0.15) is 0 Å². The SMILES string of the molecule is CCC(C)CCCc1cc2cc3c(cc2s1)sc1cc2sc(CCCC(C)CC)cc2cc13. The number of aryl methyl sites for hydroxylation is 2. The highest BCUT2D eigenvalue weighted by atomic mass is 32.1. The largest absolute Gasteiger partial charge is 0.140 e. The van der Waals surface area contributed by atoms with Gasteiger partial charge in [0.2, 0.25) is 0 Å². The van der Waals surface area contributed by atoms with Crippen molar-refractivity contribution in [2.45, 2.75) is 79.1 Å². The highest BCUT2D eigenvalue weighted by molar-refractivity contribution is 7.27. The second-order valence-electron chi connectivity index (χ2n) is 10.1. The molecule has 0 spiro atoms. The molecule has 0 nitrogen and oxygen atoms in total. The molecular formula is C30H36S3. The lowest BCUT2D eigenvalue weighted by Gasteiger charge is -2.06. The van der Waals surface area contributed by atoms with Gasteiger partial charge >= 0.3 is 0 Å². The van der Waals surface area contributed by atoms with Gasteiger partial charge in [-0.15, -0.1) is 34.0 Å². The Morgan fingerprint density at radius 1 is 0.576 bits per heavy atom. The van der Waals surface area contributed by atoms with Crippen LogP contribution in [0, 0.1) is 11.8 Å². The van der Waals surface area contributed by atoms with Crippen molar-refractivity contribution in [2.24, 2.45) is 11.8 Å². The Balaban J connectivity index is 1.41. The van der Waals surface area contributed by atoms with E-state index in [0.29, 0.717) is 0 Å². The second-order valence-corrected chi connectivity index (χ2v) is 13.5. The molecule has 0 N–H and O–H groups in total. The van der Waals surface area contributed by atoms with Crippen LogP contribution in [0.1, 0.15) is 76.0 Å². The maximum Gasteiger partial charge on any atom is 0.0369 e. The summed E-state index contributed by atoms with van der Waals surface area (Å²) >= 11 is 5.99. The molecule has 33 heavy (non-hydrogen) atoms. The molecule has 0 aliphatic heterocycles. The molecule has 0 radical (unpaired) electrons. The summed E-state index contributed by atoms with van der Waals surface area (Å²) in [5, 5.41) is 5.75. The van der Waals surface area contributed by atoms with Crippen LogP contribution in [0.2, 0.25) is 0 Å². The number of hydrogen-bond donors (Lipinski definition) is 0. The van der Waals surface area contributed by atoms with Crippen molar-refractivity contribution in [2.75, 3.05) is 0 Å². The Hall–Kier alpha value is -1.42. The van der Waals surface area contributed by atoms with E-state index < -0.39 is 0 Å². The van der Waals surface area contributed by atoms with Gasteiger partial charge < -0.3 is 0 Å². The zero-order valence-electron chi connectivity index (χ0n) is 20.5. The number of hydrogen-bond acceptors (Lipinski definition) is 3. The fourth-order valence-electron chi connectivity index (χ4n) is 4.86. The summed E-state index contributed by atoms with van der Waals surface area (Å²) in [6.07, 6.45) is 10.4. The fraction of sp³-hybridized carbons (Fsp3) is 0.467. The summed E-state index contributed by atoms with van der Waals surface area (Å²) in [5.41, 5.74) is 0. The van der Waals surface area contributed by atoms with Gasteiger partial charge in [-0.2, -0.15) is 0 Å². The molecule has 0 aliphatic carbocycles. The number of rotatable bonds is 10. The third-order valence-electron chi connectivity index (χ3n) is 7.48. The molecule has 3 heterocycles. The summed E-state index contributed by atoms with van der Waals surface area (Å²) in [5.74, 6) is 1.70. The van der Waals surface area contributed by atoms with E-state index in [-0.39, 0.29) is 0 Å². The predicted octanol–water partition coefficient (Wildman–Crippen LogP) is 11.2. The van der Waals surface area contributed by atoms with Crippen molar-refractivity contribution in [3.8, 4) is 0 Å². The maximum absolute atomic E-state index is 2.46. The third-order valence-corrected chi connectivity index (χ3v) is 10.9. The number of fused-ring (bicyclic) bond motifs is 5. The van der Waals surface area contributed by atoms with Crippen molar-refractivity contribution < 1.29 is 0 Å². The van der Waals surface area contributed by atoms with Gasteiger partial charge in [-0.3, -0.25) is 0 Å². The Kier molecular flexibility index (Phi) is 7.11. The maximum atomic E-state index is 2.46. The molecule has 3 aromatic heterocycles. The van der Waals surface area contributed by atoms with Gasteiger partial charge in [0.05, 0.1) is 0 Å². The quantitative estimate of drug-likeness (QED) is 0.182. The minimum Gasteiger partial charge on any atom is -0.140 e. The molecular weight excluding hydrogens is 457 g/mol. The Labute approximate surface area is 210 Å². The Bertz CT molecular complexity index is 1280. The molecule has 5 aromatic rings. The Morgan fingerprint density at radius 2 is 1.03 bits per heavy atom. The van der Waals surface area contributed by atoms with E-state index in [2.05, 4.69) is 64.1 Å². The predicted molar refractivity (Wildman–Crippen MR) is 155 cm³/mol. The summed E-state index contributed by atoms with van der Waals surface area (Å²) < 4.78 is 5.80. The molecule has 3 heteroatoms. The minimum atomic E-state index is 0.852. The molecule has 2 unspecified atom stereocenters. The van der Waals surface area contributed by atoms with Crippen LogP contribution in [-0.2, 0) is 12.8 Å². The summed E-state index contributed by atoms with van der Waals surface area (Å²) in [6, 6.07) is 14.7. The number of benzene rings is 2. The fourth-order valence-corrected chi connectivity index (χ4v) is 8.41. The van der Waals surface area contributed by atoms with Gasteiger partial charge in [-0.05, 0) is 84.7 Å².